The van der Waals surface area contributed by atoms with Crippen LogP contribution >= 0.6 is 11.6 Å². The fraction of sp³-hybridized carbons (Fsp3) is 0.355. The van der Waals surface area contributed by atoms with Crippen molar-refractivity contribution in [3.05, 3.63) is 89.2 Å². The van der Waals surface area contributed by atoms with E-state index in [9.17, 15) is 22.4 Å². The molecule has 0 radical (unpaired) electrons. The zero-order chi connectivity index (χ0) is 30.3. The second-order valence-electron chi connectivity index (χ2n) is 10.3. The summed E-state index contributed by atoms with van der Waals surface area (Å²) in [7, 11) is -2.75. The maximum Gasteiger partial charge on any atom is 0.264 e. The number of benzene rings is 3. The van der Waals surface area contributed by atoms with E-state index in [1.165, 1.54) is 84.8 Å². The topological polar surface area (TPSA) is 96.0 Å². The zero-order valence-corrected chi connectivity index (χ0v) is 25.2. The van der Waals surface area contributed by atoms with E-state index in [0.29, 0.717) is 16.3 Å². The maximum absolute atomic E-state index is 14.0. The second-order valence-corrected chi connectivity index (χ2v) is 12.6. The van der Waals surface area contributed by atoms with E-state index in [0.717, 1.165) is 36.4 Å². The Bertz CT molecular complexity index is 1460. The van der Waals surface area contributed by atoms with E-state index in [4.69, 9.17) is 16.3 Å². The Balaban J connectivity index is 1.66. The lowest BCUT2D eigenvalue weighted by Crippen LogP contribution is -2.53. The predicted molar refractivity (Wildman–Crippen MR) is 160 cm³/mol. The van der Waals surface area contributed by atoms with Gasteiger partial charge in [0.15, 0.2) is 0 Å². The van der Waals surface area contributed by atoms with E-state index in [2.05, 4.69) is 5.32 Å². The molecule has 4 rings (SSSR count). The molecule has 224 valence electrons. The van der Waals surface area contributed by atoms with Crippen molar-refractivity contribution in [2.24, 2.45) is 0 Å². The van der Waals surface area contributed by atoms with Gasteiger partial charge in [0.25, 0.3) is 10.0 Å². The van der Waals surface area contributed by atoms with E-state index >= 15 is 0 Å². The summed E-state index contributed by atoms with van der Waals surface area (Å²) in [5.41, 5.74) is 0.822. The molecule has 1 aliphatic rings. The van der Waals surface area contributed by atoms with E-state index in [-0.39, 0.29) is 29.1 Å². The highest BCUT2D eigenvalue weighted by Crippen LogP contribution is 2.27. The third-order valence-electron chi connectivity index (χ3n) is 7.43. The highest BCUT2D eigenvalue weighted by Gasteiger charge is 2.33. The van der Waals surface area contributed by atoms with Crippen molar-refractivity contribution in [3.8, 4) is 5.75 Å². The van der Waals surface area contributed by atoms with Crippen LogP contribution in [0.15, 0.2) is 77.7 Å². The quantitative estimate of drug-likeness (QED) is 0.305. The minimum Gasteiger partial charge on any atom is -0.497 e. The number of hydrogen-bond donors (Lipinski definition) is 1. The van der Waals surface area contributed by atoms with Crippen molar-refractivity contribution in [3.63, 3.8) is 0 Å². The van der Waals surface area contributed by atoms with Gasteiger partial charge in [-0.05, 0) is 86.0 Å². The Morgan fingerprint density at radius 1 is 0.976 bits per heavy atom. The number of amides is 2. The number of halogens is 2. The Labute approximate surface area is 251 Å². The SMILES string of the molecule is COc1ccc(S(=O)(=O)N(CC(=O)N(Cc2ccc(F)cc2)[C@@H](C)C(=O)NC2CCCCC2)c2ccc(Cl)cc2)cc1. The first kappa shape index (κ1) is 31.3. The zero-order valence-electron chi connectivity index (χ0n) is 23.6. The van der Waals surface area contributed by atoms with Crippen molar-refractivity contribution in [2.45, 2.75) is 62.6 Å². The number of carbonyl (C=O) groups is 2. The van der Waals surface area contributed by atoms with Gasteiger partial charge in [0, 0.05) is 17.6 Å². The Morgan fingerprint density at radius 3 is 2.19 bits per heavy atom. The van der Waals surface area contributed by atoms with Crippen LogP contribution in [0, 0.1) is 5.82 Å². The average Bonchev–Trinajstić information content (AvgIpc) is 3.00. The number of carbonyl (C=O) groups excluding carboxylic acids is 2. The molecule has 0 heterocycles. The molecule has 1 atom stereocenters. The molecule has 1 fully saturated rings. The van der Waals surface area contributed by atoms with Crippen molar-refractivity contribution >= 4 is 39.1 Å². The lowest BCUT2D eigenvalue weighted by atomic mass is 9.95. The molecular weight excluding hydrogens is 581 g/mol. The normalized spacial score (nSPS) is 14.6. The standard InChI is InChI=1S/C31H35ClFN3O5S/c1-22(31(38)34-26-6-4-3-5-7-26)35(20-23-8-12-25(33)13-9-23)30(37)21-36(27-14-10-24(32)11-15-27)42(39,40)29-18-16-28(41-2)17-19-29/h8-19,22,26H,3-7,20-21H2,1-2H3,(H,34,38)/t22-/m0/s1. The number of hydrogen-bond acceptors (Lipinski definition) is 5. The van der Waals surface area contributed by atoms with Crippen molar-refractivity contribution in [2.75, 3.05) is 18.0 Å². The summed E-state index contributed by atoms with van der Waals surface area (Å²) in [4.78, 5) is 28.6. The van der Waals surface area contributed by atoms with E-state index < -0.39 is 34.3 Å². The smallest absolute Gasteiger partial charge is 0.264 e. The van der Waals surface area contributed by atoms with Gasteiger partial charge in [-0.25, -0.2) is 12.8 Å². The van der Waals surface area contributed by atoms with E-state index in [1.54, 1.807) is 6.92 Å². The first-order valence-electron chi connectivity index (χ1n) is 13.8. The summed E-state index contributed by atoms with van der Waals surface area (Å²) < 4.78 is 47.6. The predicted octanol–water partition coefficient (Wildman–Crippen LogP) is 5.55. The molecule has 11 heteroatoms. The molecule has 8 nitrogen and oxygen atoms in total. The number of sulfonamides is 1. The van der Waals surface area contributed by atoms with Gasteiger partial charge >= 0.3 is 0 Å². The van der Waals surface area contributed by atoms with Crippen molar-refractivity contribution < 1.29 is 27.1 Å². The van der Waals surface area contributed by atoms with Crippen LogP contribution in [-0.4, -0.2) is 50.9 Å². The highest BCUT2D eigenvalue weighted by molar-refractivity contribution is 7.92. The largest absolute Gasteiger partial charge is 0.497 e. The fourth-order valence-corrected chi connectivity index (χ4v) is 6.49. The van der Waals surface area contributed by atoms with Crippen molar-refractivity contribution in [1.29, 1.82) is 0 Å². The minimum absolute atomic E-state index is 0.0184. The molecule has 3 aromatic rings. The minimum atomic E-state index is -4.23. The van der Waals surface area contributed by atoms with Crippen LogP contribution in [0.5, 0.6) is 5.75 Å². The first-order chi connectivity index (χ1) is 20.1. The summed E-state index contributed by atoms with van der Waals surface area (Å²) in [5, 5.41) is 3.46. The molecule has 0 aromatic heterocycles. The number of ether oxygens (including phenoxy) is 1. The van der Waals surface area contributed by atoms with Crippen LogP contribution < -0.4 is 14.4 Å². The third kappa shape index (κ3) is 7.80. The summed E-state index contributed by atoms with van der Waals surface area (Å²) in [6, 6.07) is 16.7. The molecule has 3 aromatic carbocycles. The van der Waals surface area contributed by atoms with Crippen molar-refractivity contribution in [1.82, 2.24) is 10.2 Å². The average molecular weight is 616 g/mol. The molecule has 0 spiro atoms. The maximum atomic E-state index is 14.0. The lowest BCUT2D eigenvalue weighted by molar-refractivity contribution is -0.139. The molecule has 0 saturated heterocycles. The monoisotopic (exact) mass is 615 g/mol. The fourth-order valence-electron chi connectivity index (χ4n) is 4.95. The highest BCUT2D eigenvalue weighted by atomic mass is 35.5. The molecule has 1 N–H and O–H groups in total. The van der Waals surface area contributed by atoms with Gasteiger partial charge in [-0.3, -0.25) is 13.9 Å². The van der Waals surface area contributed by atoms with Crippen LogP contribution in [0.4, 0.5) is 10.1 Å². The van der Waals surface area contributed by atoms with Gasteiger partial charge in [0.2, 0.25) is 11.8 Å². The molecule has 0 unspecified atom stereocenters. The summed E-state index contributed by atoms with van der Waals surface area (Å²) in [6.07, 6.45) is 4.91. The molecule has 2 amide bonds. The Kier molecular flexibility index (Phi) is 10.5. The molecule has 42 heavy (non-hydrogen) atoms. The van der Waals surface area contributed by atoms with Crippen LogP contribution in [0.25, 0.3) is 0 Å². The molecule has 1 aliphatic carbocycles. The number of anilines is 1. The van der Waals surface area contributed by atoms with Gasteiger partial charge in [-0.2, -0.15) is 0 Å². The summed E-state index contributed by atoms with van der Waals surface area (Å²) in [6.45, 7) is 1.01. The third-order valence-corrected chi connectivity index (χ3v) is 9.47. The van der Waals surface area contributed by atoms with Gasteiger partial charge in [-0.15, -0.1) is 0 Å². The molecule has 0 bridgehead atoms. The summed E-state index contributed by atoms with van der Waals surface area (Å²) in [5.74, 6) is -0.878. The molecule has 1 saturated carbocycles. The first-order valence-corrected chi connectivity index (χ1v) is 15.7. The number of methoxy groups -OCH3 is 1. The number of nitrogens with zero attached hydrogens (tertiary/aromatic N) is 2. The summed E-state index contributed by atoms with van der Waals surface area (Å²) >= 11 is 6.07. The van der Waals surface area contributed by atoms with E-state index in [1.807, 2.05) is 0 Å². The van der Waals surface area contributed by atoms with Gasteiger partial charge in [0.05, 0.1) is 17.7 Å². The van der Waals surface area contributed by atoms with Crippen LogP contribution in [0.1, 0.15) is 44.6 Å². The van der Waals surface area contributed by atoms with Gasteiger partial charge < -0.3 is 15.0 Å². The lowest BCUT2D eigenvalue weighted by Gasteiger charge is -2.33. The van der Waals surface area contributed by atoms with Crippen LogP contribution in [0.3, 0.4) is 0 Å². The number of nitrogens with one attached hydrogen (secondary N) is 1. The van der Waals surface area contributed by atoms with Gasteiger partial charge in [0.1, 0.15) is 24.2 Å². The number of rotatable bonds is 11. The van der Waals surface area contributed by atoms with Crippen LogP contribution in [-0.2, 0) is 26.2 Å². The molecular formula is C31H35ClFN3O5S. The van der Waals surface area contributed by atoms with Crippen LogP contribution in [0.2, 0.25) is 5.02 Å². The van der Waals surface area contributed by atoms with Gasteiger partial charge in [-0.1, -0.05) is 43.0 Å². The Hall–Kier alpha value is -3.63. The molecule has 0 aliphatic heterocycles. The second kappa shape index (κ2) is 14.0. The Morgan fingerprint density at radius 2 is 1.60 bits per heavy atom.